The fraction of sp³-hybridized carbons (Fsp3) is 0.304. The number of carbonyl (C=O) groups excluding carboxylic acids is 2. The second kappa shape index (κ2) is 7.91. The van der Waals surface area contributed by atoms with E-state index in [2.05, 4.69) is 0 Å². The predicted molar refractivity (Wildman–Crippen MR) is 110 cm³/mol. The average molecular weight is 413 g/mol. The molecule has 1 N–H and O–H groups in total. The molecule has 3 aromatic rings. The summed E-state index contributed by atoms with van der Waals surface area (Å²) in [5, 5.41) is 12.1. The van der Waals surface area contributed by atoms with Gasteiger partial charge in [-0.15, -0.1) is 0 Å². The van der Waals surface area contributed by atoms with Crippen molar-refractivity contribution in [3.05, 3.63) is 71.7 Å². The van der Waals surface area contributed by atoms with E-state index in [-0.39, 0.29) is 17.7 Å². The second-order valence-electron chi connectivity index (χ2n) is 7.85. The van der Waals surface area contributed by atoms with Gasteiger partial charge < -0.3 is 14.6 Å². The number of nitrogens with zero attached hydrogens (tertiary/aromatic N) is 1. The molecule has 1 aromatic heterocycles. The maximum absolute atomic E-state index is 13.5. The van der Waals surface area contributed by atoms with E-state index < -0.39 is 29.1 Å². The van der Waals surface area contributed by atoms with Crippen molar-refractivity contribution in [3.8, 4) is 0 Å². The highest BCUT2D eigenvalue weighted by Crippen LogP contribution is 2.37. The quantitative estimate of drug-likeness (QED) is 0.643. The van der Waals surface area contributed by atoms with Crippen LogP contribution < -0.4 is 0 Å². The highest BCUT2D eigenvalue weighted by atomic mass is 19.1. The lowest BCUT2D eigenvalue weighted by atomic mass is 9.86. The summed E-state index contributed by atoms with van der Waals surface area (Å²) < 4.78 is 25.3. The van der Waals surface area contributed by atoms with Crippen molar-refractivity contribution >= 4 is 23.0 Å². The standard InChI is InChI=1S/C23H24FNO5/c1-5-29-20(26)23(28,15-10-12-16(24)13-11-15)18-14-25(21(27)30-22(2,3)4)19-9-7-6-8-17(18)19/h6-14,28H,5H2,1-4H3/t23-/m1/s1. The molecule has 0 amide bonds. The number of halogens is 1. The Morgan fingerprint density at radius 1 is 1.07 bits per heavy atom. The van der Waals surface area contributed by atoms with Crippen LogP contribution in [0.3, 0.4) is 0 Å². The Hall–Kier alpha value is -3.19. The second-order valence-corrected chi connectivity index (χ2v) is 7.85. The zero-order valence-electron chi connectivity index (χ0n) is 17.3. The van der Waals surface area contributed by atoms with Crippen molar-refractivity contribution in [2.75, 3.05) is 6.61 Å². The molecule has 0 unspecified atom stereocenters. The normalized spacial score (nSPS) is 13.7. The maximum atomic E-state index is 13.5. The molecule has 0 aliphatic rings. The molecule has 1 heterocycles. The minimum atomic E-state index is -2.25. The number of carbonyl (C=O) groups is 2. The molecule has 0 saturated heterocycles. The minimum absolute atomic E-state index is 0.0348. The zero-order valence-corrected chi connectivity index (χ0v) is 17.3. The van der Waals surface area contributed by atoms with E-state index in [0.29, 0.717) is 10.9 Å². The first-order valence-corrected chi connectivity index (χ1v) is 9.57. The summed E-state index contributed by atoms with van der Waals surface area (Å²) in [6.45, 7) is 6.88. The van der Waals surface area contributed by atoms with Crippen molar-refractivity contribution in [1.82, 2.24) is 4.57 Å². The molecule has 0 spiro atoms. The number of benzene rings is 2. The average Bonchev–Trinajstić information content (AvgIpc) is 3.07. The Labute approximate surface area is 173 Å². The summed E-state index contributed by atoms with van der Waals surface area (Å²) in [5.74, 6) is -1.44. The minimum Gasteiger partial charge on any atom is -0.463 e. The molecule has 3 rings (SSSR count). The molecule has 0 aliphatic heterocycles. The van der Waals surface area contributed by atoms with E-state index in [1.165, 1.54) is 22.9 Å². The SMILES string of the molecule is CCOC(=O)[C@@](O)(c1ccc(F)cc1)c1cn(C(=O)OC(C)(C)C)c2ccccc12. The van der Waals surface area contributed by atoms with Crippen LogP contribution in [0.4, 0.5) is 9.18 Å². The van der Waals surface area contributed by atoms with Crippen molar-refractivity contribution in [2.24, 2.45) is 0 Å². The number of ether oxygens (including phenoxy) is 2. The van der Waals surface area contributed by atoms with Crippen LogP contribution in [0.25, 0.3) is 10.9 Å². The van der Waals surface area contributed by atoms with E-state index in [0.717, 1.165) is 12.1 Å². The first-order chi connectivity index (χ1) is 14.1. The number of para-hydroxylation sites is 1. The van der Waals surface area contributed by atoms with Gasteiger partial charge in [0.2, 0.25) is 5.60 Å². The summed E-state index contributed by atoms with van der Waals surface area (Å²) in [7, 11) is 0. The number of aliphatic hydroxyl groups is 1. The number of hydrogen-bond donors (Lipinski definition) is 1. The number of hydrogen-bond acceptors (Lipinski definition) is 5. The smallest absolute Gasteiger partial charge is 0.419 e. The van der Waals surface area contributed by atoms with E-state index in [1.807, 2.05) is 0 Å². The lowest BCUT2D eigenvalue weighted by Gasteiger charge is -2.26. The van der Waals surface area contributed by atoms with E-state index >= 15 is 0 Å². The largest absolute Gasteiger partial charge is 0.463 e. The Morgan fingerprint density at radius 3 is 2.30 bits per heavy atom. The first-order valence-electron chi connectivity index (χ1n) is 9.57. The number of aromatic nitrogens is 1. The van der Waals surface area contributed by atoms with Crippen molar-refractivity contribution in [1.29, 1.82) is 0 Å². The predicted octanol–water partition coefficient (Wildman–Crippen LogP) is 4.36. The molecule has 0 saturated carbocycles. The van der Waals surface area contributed by atoms with Gasteiger partial charge in [-0.2, -0.15) is 0 Å². The molecule has 0 fully saturated rings. The van der Waals surface area contributed by atoms with Crippen molar-refractivity contribution in [3.63, 3.8) is 0 Å². The Balaban J connectivity index is 2.26. The maximum Gasteiger partial charge on any atom is 0.419 e. The third-order valence-electron chi connectivity index (χ3n) is 4.52. The molecule has 0 aliphatic carbocycles. The van der Waals surface area contributed by atoms with E-state index in [9.17, 15) is 19.1 Å². The molecule has 6 nitrogen and oxygen atoms in total. The molecule has 30 heavy (non-hydrogen) atoms. The fourth-order valence-electron chi connectivity index (χ4n) is 3.24. The van der Waals surface area contributed by atoms with Crippen LogP contribution in [0.15, 0.2) is 54.7 Å². The van der Waals surface area contributed by atoms with E-state index in [4.69, 9.17) is 9.47 Å². The van der Waals surface area contributed by atoms with Crippen molar-refractivity contribution in [2.45, 2.75) is 38.9 Å². The van der Waals surface area contributed by atoms with Gasteiger partial charge in [-0.25, -0.2) is 14.0 Å². The summed E-state index contributed by atoms with van der Waals surface area (Å²) in [6.07, 6.45) is 0.703. The topological polar surface area (TPSA) is 77.8 Å². The molecule has 0 bridgehead atoms. The van der Waals surface area contributed by atoms with Crippen LogP contribution in [0.2, 0.25) is 0 Å². The van der Waals surface area contributed by atoms with E-state index in [1.54, 1.807) is 52.0 Å². The summed E-state index contributed by atoms with van der Waals surface area (Å²) >= 11 is 0. The van der Waals surface area contributed by atoms with Crippen LogP contribution in [-0.2, 0) is 19.9 Å². The molecular weight excluding hydrogens is 389 g/mol. The molecule has 0 radical (unpaired) electrons. The molecule has 158 valence electrons. The first kappa shape index (κ1) is 21.5. The lowest BCUT2D eigenvalue weighted by molar-refractivity contribution is -0.161. The van der Waals surface area contributed by atoms with Crippen LogP contribution in [-0.4, -0.2) is 33.9 Å². The Morgan fingerprint density at radius 2 is 1.70 bits per heavy atom. The lowest BCUT2D eigenvalue weighted by Crippen LogP contribution is -2.38. The third kappa shape index (κ3) is 3.93. The van der Waals surface area contributed by atoms with Crippen LogP contribution in [0.5, 0.6) is 0 Å². The molecule has 7 heteroatoms. The third-order valence-corrected chi connectivity index (χ3v) is 4.52. The highest BCUT2D eigenvalue weighted by Gasteiger charge is 2.44. The van der Waals surface area contributed by atoms with Gasteiger partial charge in [-0.05, 0) is 51.5 Å². The monoisotopic (exact) mass is 413 g/mol. The van der Waals surface area contributed by atoms with Gasteiger partial charge in [0, 0.05) is 17.1 Å². The number of esters is 1. The summed E-state index contributed by atoms with van der Waals surface area (Å²) in [6, 6.07) is 11.7. The van der Waals surface area contributed by atoms with Crippen LogP contribution in [0, 0.1) is 5.82 Å². The molecule has 1 atom stereocenters. The highest BCUT2D eigenvalue weighted by molar-refractivity contribution is 5.98. The van der Waals surface area contributed by atoms with Crippen LogP contribution in [0.1, 0.15) is 38.8 Å². The number of fused-ring (bicyclic) bond motifs is 1. The van der Waals surface area contributed by atoms with Gasteiger partial charge in [0.15, 0.2) is 0 Å². The van der Waals surface area contributed by atoms with Gasteiger partial charge in [-0.3, -0.25) is 4.57 Å². The summed E-state index contributed by atoms with van der Waals surface area (Å²) in [5.41, 5.74) is -2.29. The van der Waals surface area contributed by atoms with Gasteiger partial charge in [-0.1, -0.05) is 30.3 Å². The van der Waals surface area contributed by atoms with Crippen LogP contribution >= 0.6 is 0 Å². The summed E-state index contributed by atoms with van der Waals surface area (Å²) in [4.78, 5) is 25.7. The molecular formula is C23H24FNO5. The molecule has 2 aromatic carbocycles. The van der Waals surface area contributed by atoms with Gasteiger partial charge in [0.25, 0.3) is 0 Å². The Kier molecular flexibility index (Phi) is 5.67. The van der Waals surface area contributed by atoms with Gasteiger partial charge >= 0.3 is 12.1 Å². The zero-order chi connectivity index (χ0) is 22.1. The fourth-order valence-corrected chi connectivity index (χ4v) is 3.24. The van der Waals surface area contributed by atoms with Crippen molar-refractivity contribution < 1.29 is 28.6 Å². The van der Waals surface area contributed by atoms with Gasteiger partial charge in [0.05, 0.1) is 12.1 Å². The number of rotatable bonds is 4. The van der Waals surface area contributed by atoms with Gasteiger partial charge in [0.1, 0.15) is 11.4 Å². The Bertz CT molecular complexity index is 1080.